The molecule has 0 amide bonds. The van der Waals surface area contributed by atoms with Crippen molar-refractivity contribution >= 4 is 5.78 Å². The van der Waals surface area contributed by atoms with Gasteiger partial charge in [0.05, 0.1) is 5.56 Å². The summed E-state index contributed by atoms with van der Waals surface area (Å²) < 4.78 is 0. The summed E-state index contributed by atoms with van der Waals surface area (Å²) in [5.41, 5.74) is 4.45. The molecule has 0 radical (unpaired) electrons. The summed E-state index contributed by atoms with van der Waals surface area (Å²) in [4.78, 5) is 15.2. The minimum atomic E-state index is -0.0744. The quantitative estimate of drug-likeness (QED) is 0.812. The Morgan fingerprint density at radius 1 is 1.33 bits per heavy atom. The molecule has 2 aromatic carbocycles. The first-order chi connectivity index (χ1) is 12.9. The average Bonchev–Trinajstić information content (AvgIpc) is 3.04. The number of phenols is 1. The molecular weight excluding hydrogens is 336 g/mol. The first-order valence-electron chi connectivity index (χ1n) is 9.45. The highest BCUT2D eigenvalue weighted by atomic mass is 16.3. The van der Waals surface area contributed by atoms with Crippen LogP contribution in [0.1, 0.15) is 51.5 Å². The van der Waals surface area contributed by atoms with Gasteiger partial charge in [-0.05, 0) is 55.5 Å². The minimum absolute atomic E-state index is 0.0395. The second-order valence-electron chi connectivity index (χ2n) is 7.74. The minimum Gasteiger partial charge on any atom is -0.506 e. The number of aryl methyl sites for hydroxylation is 1. The van der Waals surface area contributed by atoms with Crippen LogP contribution >= 0.6 is 0 Å². The summed E-state index contributed by atoms with van der Waals surface area (Å²) in [7, 11) is 0. The van der Waals surface area contributed by atoms with Gasteiger partial charge in [0.25, 0.3) is 0 Å². The predicted octanol–water partition coefficient (Wildman–Crippen LogP) is 4.15. The van der Waals surface area contributed by atoms with Crippen LogP contribution in [0.25, 0.3) is 0 Å². The van der Waals surface area contributed by atoms with Gasteiger partial charge in [0.2, 0.25) is 0 Å². The second kappa shape index (κ2) is 7.94. The third-order valence-electron chi connectivity index (χ3n) is 5.54. The van der Waals surface area contributed by atoms with Crippen molar-refractivity contribution in [3.05, 3.63) is 63.7 Å². The number of ketones is 1. The lowest BCUT2D eigenvalue weighted by molar-refractivity contribution is 0.0991. The van der Waals surface area contributed by atoms with Gasteiger partial charge in [-0.1, -0.05) is 31.2 Å². The molecule has 0 aromatic heterocycles. The molecule has 0 unspecified atom stereocenters. The van der Waals surface area contributed by atoms with E-state index in [0.29, 0.717) is 17.0 Å². The number of benzene rings is 2. The van der Waals surface area contributed by atoms with E-state index in [4.69, 9.17) is 0 Å². The standard InChI is InChI=1S/C23H26N2O2/c1-15-7-8-25(13-15)14-18-9-19(23(27)20(10-18)12-24)11-22(26)21-6-4-5-16(2)17(21)3/h4-6,9-10,15,27H,7-8,11,13-14H2,1-3H3/t15-/m1/s1. The molecule has 4 heteroatoms. The van der Waals surface area contributed by atoms with E-state index in [0.717, 1.165) is 36.3 Å². The zero-order chi connectivity index (χ0) is 19.6. The molecule has 0 saturated carbocycles. The van der Waals surface area contributed by atoms with Crippen molar-refractivity contribution < 1.29 is 9.90 Å². The molecule has 1 aliphatic rings. The molecule has 140 valence electrons. The molecule has 0 spiro atoms. The van der Waals surface area contributed by atoms with Gasteiger partial charge in [0.1, 0.15) is 11.8 Å². The Hall–Kier alpha value is -2.64. The van der Waals surface area contributed by atoms with Crippen molar-refractivity contribution in [2.75, 3.05) is 13.1 Å². The predicted molar refractivity (Wildman–Crippen MR) is 106 cm³/mol. The smallest absolute Gasteiger partial charge is 0.167 e. The SMILES string of the molecule is Cc1cccc(C(=O)Cc2cc(CN3CC[C@@H](C)C3)cc(C#N)c2O)c1C. The lowest BCUT2D eigenvalue weighted by atomic mass is 9.94. The number of rotatable bonds is 5. The molecule has 1 N–H and O–H groups in total. The zero-order valence-corrected chi connectivity index (χ0v) is 16.2. The van der Waals surface area contributed by atoms with Gasteiger partial charge >= 0.3 is 0 Å². The number of aromatic hydroxyl groups is 1. The summed E-state index contributed by atoms with van der Waals surface area (Å²) in [5.74, 6) is 0.569. The van der Waals surface area contributed by atoms with Gasteiger partial charge in [-0.2, -0.15) is 5.26 Å². The van der Waals surface area contributed by atoms with Crippen molar-refractivity contribution in [2.45, 2.75) is 40.2 Å². The first kappa shape index (κ1) is 19.1. The Morgan fingerprint density at radius 3 is 2.78 bits per heavy atom. The van der Waals surface area contributed by atoms with Crippen LogP contribution in [0.15, 0.2) is 30.3 Å². The summed E-state index contributed by atoms with van der Waals surface area (Å²) in [5, 5.41) is 19.8. The molecule has 0 aliphatic carbocycles. The van der Waals surface area contributed by atoms with E-state index in [1.807, 2.05) is 38.1 Å². The third-order valence-corrected chi connectivity index (χ3v) is 5.54. The van der Waals surface area contributed by atoms with E-state index >= 15 is 0 Å². The van der Waals surface area contributed by atoms with Crippen molar-refractivity contribution in [1.82, 2.24) is 4.90 Å². The number of hydrogen-bond donors (Lipinski definition) is 1. The highest BCUT2D eigenvalue weighted by Crippen LogP contribution is 2.28. The maximum Gasteiger partial charge on any atom is 0.167 e. The normalized spacial score (nSPS) is 17.0. The fourth-order valence-corrected chi connectivity index (χ4v) is 3.82. The monoisotopic (exact) mass is 362 g/mol. The fraction of sp³-hybridized carbons (Fsp3) is 0.391. The number of nitriles is 1. The molecule has 2 aromatic rings. The number of Topliss-reactive ketones (excluding diaryl/α,β-unsaturated/α-hetero) is 1. The van der Waals surface area contributed by atoms with Gasteiger partial charge in [-0.3, -0.25) is 9.69 Å². The molecular formula is C23H26N2O2. The maximum atomic E-state index is 12.8. The Labute approximate surface area is 161 Å². The van der Waals surface area contributed by atoms with Crippen LogP contribution in [-0.2, 0) is 13.0 Å². The zero-order valence-electron chi connectivity index (χ0n) is 16.2. The average molecular weight is 362 g/mol. The fourth-order valence-electron chi connectivity index (χ4n) is 3.82. The Morgan fingerprint density at radius 2 is 2.11 bits per heavy atom. The molecule has 3 rings (SSSR count). The van der Waals surface area contributed by atoms with Gasteiger partial charge in [0.15, 0.2) is 5.78 Å². The number of hydrogen-bond acceptors (Lipinski definition) is 4. The van der Waals surface area contributed by atoms with E-state index in [1.165, 1.54) is 6.42 Å². The van der Waals surface area contributed by atoms with Crippen LogP contribution in [0.2, 0.25) is 0 Å². The Kier molecular flexibility index (Phi) is 5.62. The number of carbonyl (C=O) groups excluding carboxylic acids is 1. The topological polar surface area (TPSA) is 64.3 Å². The number of nitrogens with zero attached hydrogens (tertiary/aromatic N) is 2. The van der Waals surface area contributed by atoms with Crippen molar-refractivity contribution in [1.29, 1.82) is 5.26 Å². The van der Waals surface area contributed by atoms with Gasteiger partial charge in [-0.25, -0.2) is 0 Å². The number of carbonyl (C=O) groups is 1. The van der Waals surface area contributed by atoms with Crippen LogP contribution < -0.4 is 0 Å². The van der Waals surface area contributed by atoms with E-state index < -0.39 is 0 Å². The van der Waals surface area contributed by atoms with Crippen molar-refractivity contribution in [3.63, 3.8) is 0 Å². The van der Waals surface area contributed by atoms with Gasteiger partial charge < -0.3 is 5.11 Å². The molecule has 1 atom stereocenters. The van der Waals surface area contributed by atoms with Crippen molar-refractivity contribution in [3.8, 4) is 11.8 Å². The molecule has 27 heavy (non-hydrogen) atoms. The molecule has 1 fully saturated rings. The Bertz CT molecular complexity index is 911. The van der Waals surface area contributed by atoms with Crippen LogP contribution in [0, 0.1) is 31.1 Å². The molecule has 4 nitrogen and oxygen atoms in total. The lowest BCUT2D eigenvalue weighted by Gasteiger charge is -2.17. The molecule has 1 heterocycles. The second-order valence-corrected chi connectivity index (χ2v) is 7.74. The maximum absolute atomic E-state index is 12.8. The van der Waals surface area contributed by atoms with Gasteiger partial charge in [-0.15, -0.1) is 0 Å². The van der Waals surface area contributed by atoms with Crippen LogP contribution in [-0.4, -0.2) is 28.9 Å². The lowest BCUT2D eigenvalue weighted by Crippen LogP contribution is -2.20. The van der Waals surface area contributed by atoms with E-state index in [-0.39, 0.29) is 23.5 Å². The summed E-state index contributed by atoms with van der Waals surface area (Å²) in [6.45, 7) is 8.99. The highest BCUT2D eigenvalue weighted by molar-refractivity contribution is 5.99. The highest BCUT2D eigenvalue weighted by Gasteiger charge is 2.21. The molecule has 0 bridgehead atoms. The number of likely N-dealkylation sites (tertiary alicyclic amines) is 1. The summed E-state index contributed by atoms with van der Waals surface area (Å²) in [6.07, 6.45) is 1.27. The number of phenolic OH excluding ortho intramolecular Hbond substituents is 1. The molecule has 1 aliphatic heterocycles. The Balaban J connectivity index is 1.87. The first-order valence-corrected chi connectivity index (χ1v) is 9.45. The van der Waals surface area contributed by atoms with Crippen LogP contribution in [0.5, 0.6) is 5.75 Å². The van der Waals surface area contributed by atoms with E-state index in [2.05, 4.69) is 17.9 Å². The van der Waals surface area contributed by atoms with Crippen LogP contribution in [0.4, 0.5) is 0 Å². The summed E-state index contributed by atoms with van der Waals surface area (Å²) >= 11 is 0. The van der Waals surface area contributed by atoms with E-state index in [9.17, 15) is 15.2 Å². The van der Waals surface area contributed by atoms with Gasteiger partial charge in [0, 0.05) is 30.6 Å². The summed E-state index contributed by atoms with van der Waals surface area (Å²) in [6, 6.07) is 11.4. The molecule has 1 saturated heterocycles. The third kappa shape index (κ3) is 4.20. The van der Waals surface area contributed by atoms with Crippen LogP contribution in [0.3, 0.4) is 0 Å². The largest absolute Gasteiger partial charge is 0.506 e. The van der Waals surface area contributed by atoms with Crippen molar-refractivity contribution in [2.24, 2.45) is 5.92 Å². The van der Waals surface area contributed by atoms with E-state index in [1.54, 1.807) is 6.07 Å².